The van der Waals surface area contributed by atoms with Crippen molar-refractivity contribution < 1.29 is 49.3 Å². The van der Waals surface area contributed by atoms with Crippen LogP contribution in [0.15, 0.2) is 0 Å². The number of amides is 2. The van der Waals surface area contributed by atoms with Crippen molar-refractivity contribution in [2.45, 2.75) is 98.4 Å². The number of aliphatic hydroxyl groups excluding tert-OH is 5. The zero-order chi connectivity index (χ0) is 26.0. The largest absolute Gasteiger partial charge is 0.394 e. The predicted octanol–water partition coefficient (Wildman–Crippen LogP) is -6.59. The lowest BCUT2D eigenvalue weighted by molar-refractivity contribution is -0.315. The van der Waals surface area contributed by atoms with Crippen molar-refractivity contribution in [1.29, 1.82) is 0 Å². The van der Waals surface area contributed by atoms with Gasteiger partial charge in [-0.25, -0.2) is 4.79 Å². The average molecular weight is 511 g/mol. The van der Waals surface area contributed by atoms with E-state index in [1.165, 1.54) is 0 Å². The molecular weight excluding hydrogens is 472 g/mol. The van der Waals surface area contributed by atoms with Crippen LogP contribution in [0.1, 0.15) is 12.8 Å². The molecule has 0 radical (unpaired) electrons. The van der Waals surface area contributed by atoms with E-state index in [9.17, 15) is 30.3 Å². The van der Waals surface area contributed by atoms with E-state index in [4.69, 9.17) is 47.6 Å². The number of hydrogen-bond donors (Lipinski definition) is 11. The Bertz CT molecular complexity index is 709. The Labute approximate surface area is 201 Å². The maximum absolute atomic E-state index is 11.0. The summed E-state index contributed by atoms with van der Waals surface area (Å²) in [5.74, 6) is 0. The van der Waals surface area contributed by atoms with Gasteiger partial charge >= 0.3 is 6.03 Å². The molecule has 1 saturated carbocycles. The molecule has 0 bridgehead atoms. The summed E-state index contributed by atoms with van der Waals surface area (Å²) in [4.78, 5) is 11.0. The molecule has 35 heavy (non-hydrogen) atoms. The highest BCUT2D eigenvalue weighted by molar-refractivity contribution is 5.71. The van der Waals surface area contributed by atoms with Crippen LogP contribution in [-0.4, -0.2) is 130 Å². The van der Waals surface area contributed by atoms with Crippen molar-refractivity contribution in [1.82, 2.24) is 5.32 Å². The summed E-state index contributed by atoms with van der Waals surface area (Å²) < 4.78 is 22.8. The van der Waals surface area contributed by atoms with Gasteiger partial charge in [0.1, 0.15) is 42.7 Å². The summed E-state index contributed by atoms with van der Waals surface area (Å²) in [6, 6.07) is -4.30. The summed E-state index contributed by atoms with van der Waals surface area (Å²) in [5, 5.41) is 53.4. The van der Waals surface area contributed by atoms with E-state index in [1.54, 1.807) is 0 Å². The highest BCUT2D eigenvalue weighted by Gasteiger charge is 2.50. The van der Waals surface area contributed by atoms with Gasteiger partial charge in [-0.1, -0.05) is 0 Å². The number of rotatable bonds is 7. The third-order valence-corrected chi connectivity index (χ3v) is 6.66. The van der Waals surface area contributed by atoms with Crippen LogP contribution >= 0.6 is 0 Å². The molecule has 2 amide bonds. The maximum Gasteiger partial charge on any atom is 0.312 e. The number of nitrogens with one attached hydrogen (secondary N) is 1. The summed E-state index contributed by atoms with van der Waals surface area (Å²) in [6.07, 6.45) is -11.7. The molecule has 3 fully saturated rings. The summed E-state index contributed by atoms with van der Waals surface area (Å²) >= 11 is 0. The van der Waals surface area contributed by atoms with Gasteiger partial charge in [-0.3, -0.25) is 0 Å². The first-order valence-corrected chi connectivity index (χ1v) is 11.4. The number of hydrogen-bond acceptors (Lipinski definition) is 14. The van der Waals surface area contributed by atoms with Crippen LogP contribution in [0.2, 0.25) is 0 Å². The van der Waals surface area contributed by atoms with E-state index >= 15 is 0 Å². The Kier molecular flexibility index (Phi) is 9.60. The van der Waals surface area contributed by atoms with E-state index in [-0.39, 0.29) is 19.4 Å². The second-order valence-corrected chi connectivity index (χ2v) is 9.29. The van der Waals surface area contributed by atoms with Crippen LogP contribution < -0.4 is 34.0 Å². The van der Waals surface area contributed by atoms with E-state index in [0.717, 1.165) is 0 Å². The van der Waals surface area contributed by atoms with Crippen LogP contribution in [0.4, 0.5) is 4.79 Å². The quantitative estimate of drug-likeness (QED) is 0.152. The molecule has 14 unspecified atom stereocenters. The van der Waals surface area contributed by atoms with Gasteiger partial charge in [-0.15, -0.1) is 0 Å². The van der Waals surface area contributed by atoms with Crippen LogP contribution in [0.5, 0.6) is 0 Å². The zero-order valence-electron chi connectivity index (χ0n) is 19.1. The van der Waals surface area contributed by atoms with Crippen molar-refractivity contribution in [2.75, 3.05) is 13.2 Å². The Morgan fingerprint density at radius 1 is 0.829 bits per heavy atom. The average Bonchev–Trinajstić information content (AvgIpc) is 2.79. The monoisotopic (exact) mass is 510 g/mol. The van der Waals surface area contributed by atoms with Gasteiger partial charge in [0, 0.05) is 18.6 Å². The van der Waals surface area contributed by atoms with Gasteiger partial charge in [0.25, 0.3) is 0 Å². The number of carbonyl (C=O) groups excluding carboxylic acids is 1. The standard InChI is InChI=1S/C19H38N6O10/c20-5-1-6(21)16(35-18-13(29)11(23)12(28)10(4-26)33-18)14(30)15(5)34-17-7(22)2-8(27)9(32-17)3-25-19(24)31/h5-18,26-30H,1-4,20-23H2,(H3,24,25,31). The zero-order valence-corrected chi connectivity index (χ0v) is 19.1. The highest BCUT2D eigenvalue weighted by atomic mass is 16.7. The molecule has 2 aliphatic heterocycles. The van der Waals surface area contributed by atoms with Crippen molar-refractivity contribution in [3.63, 3.8) is 0 Å². The number of aliphatic hydroxyl groups is 5. The fraction of sp³-hybridized carbons (Fsp3) is 0.947. The van der Waals surface area contributed by atoms with Crippen molar-refractivity contribution in [3.05, 3.63) is 0 Å². The van der Waals surface area contributed by atoms with E-state index in [2.05, 4.69) is 5.32 Å². The lowest BCUT2D eigenvalue weighted by atomic mass is 9.84. The topological polar surface area (TPSA) is 297 Å². The molecule has 204 valence electrons. The van der Waals surface area contributed by atoms with Gasteiger partial charge in [-0.05, 0) is 12.8 Å². The molecule has 14 atom stereocenters. The Balaban J connectivity index is 1.69. The number of ether oxygens (including phenoxy) is 4. The Morgan fingerprint density at radius 2 is 1.40 bits per heavy atom. The highest BCUT2D eigenvalue weighted by Crippen LogP contribution is 2.30. The van der Waals surface area contributed by atoms with Crippen LogP contribution in [-0.2, 0) is 18.9 Å². The molecular formula is C19H38N6O10. The molecule has 0 aromatic heterocycles. The smallest absolute Gasteiger partial charge is 0.312 e. The first kappa shape index (κ1) is 28.3. The molecule has 2 heterocycles. The summed E-state index contributed by atoms with van der Waals surface area (Å²) in [5.41, 5.74) is 29.3. The number of nitrogens with two attached hydrogens (primary N) is 5. The van der Waals surface area contributed by atoms with Crippen molar-refractivity contribution >= 4 is 6.03 Å². The van der Waals surface area contributed by atoms with Crippen molar-refractivity contribution in [2.24, 2.45) is 28.7 Å². The number of urea groups is 1. The van der Waals surface area contributed by atoms with Crippen LogP contribution in [0.3, 0.4) is 0 Å². The van der Waals surface area contributed by atoms with E-state index < -0.39 is 98.2 Å². The second-order valence-electron chi connectivity index (χ2n) is 9.29. The summed E-state index contributed by atoms with van der Waals surface area (Å²) in [7, 11) is 0. The molecule has 3 rings (SSSR count). The molecule has 0 aromatic carbocycles. The first-order valence-electron chi connectivity index (χ1n) is 11.4. The fourth-order valence-corrected chi connectivity index (χ4v) is 4.60. The number of carbonyl (C=O) groups is 1. The Hall–Kier alpha value is -1.25. The molecule has 3 aliphatic rings. The molecule has 1 aliphatic carbocycles. The lowest BCUT2D eigenvalue weighted by Crippen LogP contribution is -2.68. The van der Waals surface area contributed by atoms with E-state index in [0.29, 0.717) is 0 Å². The van der Waals surface area contributed by atoms with Gasteiger partial charge in [-0.2, -0.15) is 0 Å². The van der Waals surface area contributed by atoms with Crippen LogP contribution in [0, 0.1) is 0 Å². The molecule has 0 spiro atoms. The minimum absolute atomic E-state index is 0.0815. The minimum atomic E-state index is -1.47. The normalized spacial score (nSPS) is 48.9. The molecule has 16 N–H and O–H groups in total. The van der Waals surface area contributed by atoms with Crippen LogP contribution in [0.25, 0.3) is 0 Å². The maximum atomic E-state index is 11.0. The molecule has 16 nitrogen and oxygen atoms in total. The van der Waals surface area contributed by atoms with Gasteiger partial charge in [0.15, 0.2) is 12.6 Å². The molecule has 0 aromatic rings. The third kappa shape index (κ3) is 6.37. The summed E-state index contributed by atoms with van der Waals surface area (Å²) in [6.45, 7) is -0.667. The van der Waals surface area contributed by atoms with Gasteiger partial charge < -0.3 is 78.5 Å². The van der Waals surface area contributed by atoms with E-state index in [1.807, 2.05) is 0 Å². The molecule has 16 heteroatoms. The first-order chi connectivity index (χ1) is 16.4. The van der Waals surface area contributed by atoms with Gasteiger partial charge in [0.2, 0.25) is 0 Å². The fourth-order valence-electron chi connectivity index (χ4n) is 4.60. The van der Waals surface area contributed by atoms with Crippen molar-refractivity contribution in [3.8, 4) is 0 Å². The lowest BCUT2D eigenvalue weighted by Gasteiger charge is -2.47. The third-order valence-electron chi connectivity index (χ3n) is 6.66. The minimum Gasteiger partial charge on any atom is -0.394 e. The second kappa shape index (κ2) is 11.9. The SMILES string of the molecule is NC(=O)NCC1OC(OC2C(N)CC(N)C(OC3OC(CO)C(O)C(N)C3O)C2O)C(N)CC1O. The molecule has 2 saturated heterocycles. The van der Waals surface area contributed by atoms with Gasteiger partial charge in [0.05, 0.1) is 24.8 Å². The number of primary amides is 1. The predicted molar refractivity (Wildman–Crippen MR) is 117 cm³/mol. The Morgan fingerprint density at radius 3 is 1.97 bits per heavy atom.